The Morgan fingerprint density at radius 1 is 1.70 bits per heavy atom. The molecule has 0 spiro atoms. The number of halogens is 1. The smallest absolute Gasteiger partial charge is 0.123 e. The van der Waals surface area contributed by atoms with Crippen molar-refractivity contribution >= 4 is 0 Å². The second-order valence-electron chi connectivity index (χ2n) is 3.33. The molecule has 2 unspecified atom stereocenters. The number of nitrogens with one attached hydrogen (secondary N) is 1. The zero-order chi connectivity index (χ0) is 7.61. The predicted octanol–water partition coefficient (Wildman–Crippen LogP) is 1.88. The van der Waals surface area contributed by atoms with Gasteiger partial charge in [-0.2, -0.15) is 0 Å². The van der Waals surface area contributed by atoms with Gasteiger partial charge >= 0.3 is 0 Å². The van der Waals surface area contributed by atoms with Crippen molar-refractivity contribution in [1.82, 2.24) is 5.32 Å². The monoisotopic (exact) mass is 145 g/mol. The summed E-state index contributed by atoms with van der Waals surface area (Å²) in [6.45, 7) is 4.57. The van der Waals surface area contributed by atoms with E-state index in [0.29, 0.717) is 19.0 Å². The molecule has 0 aliphatic carbocycles. The van der Waals surface area contributed by atoms with Gasteiger partial charge in [0, 0.05) is 12.6 Å². The lowest BCUT2D eigenvalue weighted by atomic mass is 9.90. The average Bonchev–Trinajstić information content (AvgIpc) is 1.96. The van der Waals surface area contributed by atoms with E-state index < -0.39 is 5.67 Å². The molecule has 1 rings (SSSR count). The number of rotatable bonds is 1. The van der Waals surface area contributed by atoms with E-state index in [4.69, 9.17) is 0 Å². The van der Waals surface area contributed by atoms with E-state index in [0.717, 1.165) is 12.8 Å². The molecule has 0 aromatic carbocycles. The minimum Gasteiger partial charge on any atom is -0.311 e. The Morgan fingerprint density at radius 3 is 2.80 bits per heavy atom. The Balaban J connectivity index is 2.38. The van der Waals surface area contributed by atoms with E-state index in [1.165, 1.54) is 0 Å². The minimum absolute atomic E-state index is 0.510. The molecule has 60 valence electrons. The maximum atomic E-state index is 13.4. The first-order valence-corrected chi connectivity index (χ1v) is 4.08. The van der Waals surface area contributed by atoms with Gasteiger partial charge in [-0.25, -0.2) is 4.39 Å². The molecule has 0 radical (unpaired) electrons. The molecule has 1 aliphatic heterocycles. The summed E-state index contributed by atoms with van der Waals surface area (Å²) in [5.74, 6) is 0. The molecule has 1 fully saturated rings. The Hall–Kier alpha value is -0.110. The van der Waals surface area contributed by atoms with Crippen molar-refractivity contribution in [1.29, 1.82) is 0 Å². The van der Waals surface area contributed by atoms with Gasteiger partial charge in [-0.15, -0.1) is 0 Å². The average molecular weight is 145 g/mol. The summed E-state index contributed by atoms with van der Waals surface area (Å²) in [5, 5.41) is 3.15. The number of hydrogen-bond acceptors (Lipinski definition) is 1. The highest BCUT2D eigenvalue weighted by Crippen LogP contribution is 2.25. The van der Waals surface area contributed by atoms with Gasteiger partial charge in [0.2, 0.25) is 0 Å². The molecule has 1 heterocycles. The van der Waals surface area contributed by atoms with Gasteiger partial charge in [0.05, 0.1) is 0 Å². The van der Waals surface area contributed by atoms with E-state index in [-0.39, 0.29) is 0 Å². The number of hydrogen-bond donors (Lipinski definition) is 1. The molecule has 1 nitrogen and oxygen atoms in total. The molecule has 0 amide bonds. The molecule has 10 heavy (non-hydrogen) atoms. The fraction of sp³-hybridized carbons (Fsp3) is 1.00. The molecule has 1 N–H and O–H groups in total. The summed E-state index contributed by atoms with van der Waals surface area (Å²) in [6.07, 6.45) is 2.36. The number of alkyl halides is 1. The second-order valence-corrected chi connectivity index (χ2v) is 3.33. The molecular formula is C8H16FN. The summed E-state index contributed by atoms with van der Waals surface area (Å²) in [7, 11) is 0. The molecule has 2 heteroatoms. The normalized spacial score (nSPS) is 41.7. The van der Waals surface area contributed by atoms with Crippen LogP contribution in [0.3, 0.4) is 0 Å². The summed E-state index contributed by atoms with van der Waals surface area (Å²) in [5.41, 5.74) is -0.910. The van der Waals surface area contributed by atoms with Gasteiger partial charge in [0.1, 0.15) is 5.67 Å². The van der Waals surface area contributed by atoms with Crippen molar-refractivity contribution < 1.29 is 4.39 Å². The van der Waals surface area contributed by atoms with Crippen molar-refractivity contribution in [2.45, 2.75) is 44.8 Å². The Labute approximate surface area is 62.0 Å². The third kappa shape index (κ3) is 1.69. The lowest BCUT2D eigenvalue weighted by Crippen LogP contribution is -2.46. The van der Waals surface area contributed by atoms with Gasteiger partial charge in [-0.3, -0.25) is 0 Å². The summed E-state index contributed by atoms with van der Waals surface area (Å²) in [6, 6.07) is 0.510. The highest BCUT2D eigenvalue weighted by atomic mass is 19.1. The highest BCUT2D eigenvalue weighted by Gasteiger charge is 2.31. The summed E-state index contributed by atoms with van der Waals surface area (Å²) < 4.78 is 13.4. The van der Waals surface area contributed by atoms with E-state index >= 15 is 0 Å². The molecule has 2 atom stereocenters. The van der Waals surface area contributed by atoms with Crippen LogP contribution in [0.4, 0.5) is 4.39 Å². The van der Waals surface area contributed by atoms with Crippen LogP contribution >= 0.6 is 0 Å². The van der Waals surface area contributed by atoms with Crippen LogP contribution in [0, 0.1) is 0 Å². The zero-order valence-electron chi connectivity index (χ0n) is 6.78. The molecular weight excluding hydrogens is 129 g/mol. The third-order valence-electron chi connectivity index (χ3n) is 2.43. The summed E-state index contributed by atoms with van der Waals surface area (Å²) in [4.78, 5) is 0. The van der Waals surface area contributed by atoms with Gasteiger partial charge in [0.15, 0.2) is 0 Å². The van der Waals surface area contributed by atoms with Crippen LogP contribution in [0.25, 0.3) is 0 Å². The van der Waals surface area contributed by atoms with Crippen LogP contribution < -0.4 is 5.32 Å². The van der Waals surface area contributed by atoms with Crippen LogP contribution in [0.5, 0.6) is 0 Å². The van der Waals surface area contributed by atoms with Crippen LogP contribution in [-0.2, 0) is 0 Å². The Bertz CT molecular complexity index is 106. The predicted molar refractivity (Wildman–Crippen MR) is 40.8 cm³/mol. The molecule has 0 saturated carbocycles. The standard InChI is InChI=1S/C8H16FN/c1-3-8(9)5-4-7(2)10-6-8/h7,10H,3-6H2,1-2H3. The summed E-state index contributed by atoms with van der Waals surface area (Å²) >= 11 is 0. The van der Waals surface area contributed by atoms with Crippen molar-refractivity contribution in [3.8, 4) is 0 Å². The van der Waals surface area contributed by atoms with E-state index in [1.807, 2.05) is 6.92 Å². The third-order valence-corrected chi connectivity index (χ3v) is 2.43. The molecule has 1 aliphatic rings. The fourth-order valence-electron chi connectivity index (χ4n) is 1.32. The van der Waals surface area contributed by atoms with Gasteiger partial charge in [-0.05, 0) is 26.2 Å². The van der Waals surface area contributed by atoms with Crippen LogP contribution in [0.2, 0.25) is 0 Å². The first-order chi connectivity index (χ1) is 4.66. The van der Waals surface area contributed by atoms with Crippen molar-refractivity contribution in [3.05, 3.63) is 0 Å². The fourth-order valence-corrected chi connectivity index (χ4v) is 1.32. The highest BCUT2D eigenvalue weighted by molar-refractivity contribution is 4.87. The largest absolute Gasteiger partial charge is 0.311 e. The molecule has 1 saturated heterocycles. The SMILES string of the molecule is CCC1(F)CCC(C)NC1. The number of piperidine rings is 1. The molecule has 0 aromatic heterocycles. The lowest BCUT2D eigenvalue weighted by molar-refractivity contribution is 0.103. The second kappa shape index (κ2) is 2.87. The molecule has 0 aromatic rings. The van der Waals surface area contributed by atoms with Crippen molar-refractivity contribution in [2.24, 2.45) is 0 Å². The van der Waals surface area contributed by atoms with Crippen LogP contribution in [-0.4, -0.2) is 18.3 Å². The van der Waals surface area contributed by atoms with Gasteiger partial charge < -0.3 is 5.32 Å². The maximum Gasteiger partial charge on any atom is 0.123 e. The maximum absolute atomic E-state index is 13.4. The van der Waals surface area contributed by atoms with Crippen LogP contribution in [0.1, 0.15) is 33.1 Å². The Morgan fingerprint density at radius 2 is 2.40 bits per heavy atom. The quantitative estimate of drug-likeness (QED) is 0.594. The van der Waals surface area contributed by atoms with E-state index in [2.05, 4.69) is 12.2 Å². The minimum atomic E-state index is -0.910. The lowest BCUT2D eigenvalue weighted by Gasteiger charge is -2.32. The topological polar surface area (TPSA) is 12.0 Å². The van der Waals surface area contributed by atoms with Gasteiger partial charge in [-0.1, -0.05) is 6.92 Å². The van der Waals surface area contributed by atoms with Crippen molar-refractivity contribution in [3.63, 3.8) is 0 Å². The zero-order valence-corrected chi connectivity index (χ0v) is 6.78. The van der Waals surface area contributed by atoms with E-state index in [9.17, 15) is 4.39 Å². The first-order valence-electron chi connectivity index (χ1n) is 4.08. The van der Waals surface area contributed by atoms with E-state index in [1.54, 1.807) is 0 Å². The van der Waals surface area contributed by atoms with Crippen molar-refractivity contribution in [2.75, 3.05) is 6.54 Å². The first kappa shape index (κ1) is 7.99. The molecule has 0 bridgehead atoms. The Kier molecular flexibility index (Phi) is 2.29. The van der Waals surface area contributed by atoms with Crippen LogP contribution in [0.15, 0.2) is 0 Å². The van der Waals surface area contributed by atoms with Gasteiger partial charge in [0.25, 0.3) is 0 Å².